The highest BCUT2D eigenvalue weighted by atomic mass is 16.5. The summed E-state index contributed by atoms with van der Waals surface area (Å²) in [5.41, 5.74) is 3.20. The van der Waals surface area contributed by atoms with E-state index in [2.05, 4.69) is 39.1 Å². The van der Waals surface area contributed by atoms with Crippen LogP contribution in [0.3, 0.4) is 0 Å². The molecule has 1 aliphatic heterocycles. The molecule has 0 radical (unpaired) electrons. The zero-order chi connectivity index (χ0) is 16.4. The third kappa shape index (κ3) is 2.62. The number of hydrogen-bond acceptors (Lipinski definition) is 5. The Morgan fingerprint density at radius 2 is 1.88 bits per heavy atom. The normalized spacial score (nSPS) is 16.0. The number of allylic oxidation sites excluding steroid dienone is 1. The molecule has 0 unspecified atom stereocenters. The highest BCUT2D eigenvalue weighted by Crippen LogP contribution is 2.32. The summed E-state index contributed by atoms with van der Waals surface area (Å²) in [6, 6.07) is 18.1. The monoisotopic (exact) mass is 319 g/mol. The number of hydrogen-bond donors (Lipinski definition) is 1. The van der Waals surface area contributed by atoms with Gasteiger partial charge in [0.2, 0.25) is 5.95 Å². The quantitative estimate of drug-likeness (QED) is 0.800. The molecule has 0 aliphatic carbocycles. The predicted octanol–water partition coefficient (Wildman–Crippen LogP) is 3.13. The minimum Gasteiger partial charge on any atom is -0.494 e. The van der Waals surface area contributed by atoms with E-state index in [1.807, 2.05) is 49.4 Å². The zero-order valence-electron chi connectivity index (χ0n) is 13.3. The zero-order valence-corrected chi connectivity index (χ0v) is 13.3. The summed E-state index contributed by atoms with van der Waals surface area (Å²) < 4.78 is 7.30. The fourth-order valence-electron chi connectivity index (χ4n) is 2.81. The molecule has 0 amide bonds. The Kier molecular flexibility index (Phi) is 3.70. The molecule has 0 saturated carbocycles. The Hall–Kier alpha value is -3.15. The number of fused-ring (bicyclic) bond motifs is 1. The SMILES string of the molecule is CCOc1ccc([C@@H]2C=C(c3ccccc3)Nc3nnnn32)cc1. The van der Waals surface area contributed by atoms with Gasteiger partial charge in [0.05, 0.1) is 6.61 Å². The lowest BCUT2D eigenvalue weighted by Gasteiger charge is -2.23. The summed E-state index contributed by atoms with van der Waals surface area (Å²) in [6.45, 7) is 2.63. The first-order valence-corrected chi connectivity index (χ1v) is 7.90. The molecule has 1 N–H and O–H groups in total. The Balaban J connectivity index is 1.73. The number of nitrogens with one attached hydrogen (secondary N) is 1. The van der Waals surface area contributed by atoms with Crippen molar-refractivity contribution in [3.63, 3.8) is 0 Å². The van der Waals surface area contributed by atoms with Crippen molar-refractivity contribution >= 4 is 11.6 Å². The molecule has 0 spiro atoms. The van der Waals surface area contributed by atoms with Crippen LogP contribution in [0.15, 0.2) is 60.7 Å². The standard InChI is InChI=1S/C18H17N5O/c1-2-24-15-10-8-14(9-11-15)17-12-16(13-6-4-3-5-7-13)19-18-20-21-22-23(17)18/h3-12,17H,2H2,1H3,(H,19,20,22)/t17-/m0/s1. The van der Waals surface area contributed by atoms with Crippen LogP contribution in [0.4, 0.5) is 5.95 Å². The molecule has 120 valence electrons. The number of ether oxygens (including phenoxy) is 1. The summed E-state index contributed by atoms with van der Waals surface area (Å²) in [7, 11) is 0. The van der Waals surface area contributed by atoms with E-state index in [0.717, 1.165) is 22.6 Å². The summed E-state index contributed by atoms with van der Waals surface area (Å²) in [6.07, 6.45) is 2.13. The molecule has 3 aromatic rings. The minimum absolute atomic E-state index is 0.0675. The van der Waals surface area contributed by atoms with Gasteiger partial charge in [0.25, 0.3) is 0 Å². The first kappa shape index (κ1) is 14.4. The van der Waals surface area contributed by atoms with Crippen LogP contribution >= 0.6 is 0 Å². The van der Waals surface area contributed by atoms with Crippen molar-refractivity contribution in [1.82, 2.24) is 20.2 Å². The molecule has 24 heavy (non-hydrogen) atoms. The van der Waals surface area contributed by atoms with Crippen molar-refractivity contribution in [3.8, 4) is 5.75 Å². The maximum atomic E-state index is 5.52. The van der Waals surface area contributed by atoms with E-state index in [-0.39, 0.29) is 6.04 Å². The van der Waals surface area contributed by atoms with E-state index < -0.39 is 0 Å². The second kappa shape index (κ2) is 6.16. The number of anilines is 1. The summed E-state index contributed by atoms with van der Waals surface area (Å²) in [5, 5.41) is 15.3. The Morgan fingerprint density at radius 3 is 2.62 bits per heavy atom. The van der Waals surface area contributed by atoms with Crippen molar-refractivity contribution in [2.75, 3.05) is 11.9 Å². The lowest BCUT2D eigenvalue weighted by atomic mass is 10.0. The molecule has 0 saturated heterocycles. The third-order valence-corrected chi connectivity index (χ3v) is 3.94. The molecule has 6 nitrogen and oxygen atoms in total. The van der Waals surface area contributed by atoms with Gasteiger partial charge in [-0.1, -0.05) is 47.6 Å². The molecule has 4 rings (SSSR count). The smallest absolute Gasteiger partial charge is 0.248 e. The van der Waals surface area contributed by atoms with Crippen molar-refractivity contribution in [3.05, 3.63) is 71.8 Å². The number of aromatic nitrogens is 4. The van der Waals surface area contributed by atoms with Gasteiger partial charge in [-0.25, -0.2) is 0 Å². The van der Waals surface area contributed by atoms with Crippen LogP contribution in [0.1, 0.15) is 24.1 Å². The van der Waals surface area contributed by atoms with Gasteiger partial charge < -0.3 is 10.1 Å². The van der Waals surface area contributed by atoms with Crippen molar-refractivity contribution < 1.29 is 4.74 Å². The van der Waals surface area contributed by atoms with E-state index in [1.165, 1.54) is 0 Å². The maximum Gasteiger partial charge on any atom is 0.248 e. The summed E-state index contributed by atoms with van der Waals surface area (Å²) in [4.78, 5) is 0. The van der Waals surface area contributed by atoms with E-state index in [0.29, 0.717) is 12.6 Å². The molecule has 1 aliphatic rings. The molecular formula is C18H17N5O. The van der Waals surface area contributed by atoms with Crippen LogP contribution in [0.25, 0.3) is 5.70 Å². The first-order valence-electron chi connectivity index (χ1n) is 7.90. The third-order valence-electron chi connectivity index (χ3n) is 3.94. The van der Waals surface area contributed by atoms with E-state index >= 15 is 0 Å². The van der Waals surface area contributed by atoms with Crippen molar-refractivity contribution in [2.24, 2.45) is 0 Å². The van der Waals surface area contributed by atoms with E-state index in [1.54, 1.807) is 4.68 Å². The van der Waals surface area contributed by atoms with Gasteiger partial charge in [0.1, 0.15) is 11.8 Å². The van der Waals surface area contributed by atoms with Gasteiger partial charge in [-0.05, 0) is 46.7 Å². The van der Waals surface area contributed by atoms with Crippen LogP contribution in [-0.2, 0) is 0 Å². The number of rotatable bonds is 4. The Bertz CT molecular complexity index is 855. The number of benzene rings is 2. The molecule has 0 fully saturated rings. The fraction of sp³-hybridized carbons (Fsp3) is 0.167. The average molecular weight is 319 g/mol. The fourth-order valence-corrected chi connectivity index (χ4v) is 2.81. The van der Waals surface area contributed by atoms with E-state index in [9.17, 15) is 0 Å². The van der Waals surface area contributed by atoms with Gasteiger partial charge in [-0.3, -0.25) is 0 Å². The van der Waals surface area contributed by atoms with Gasteiger partial charge in [0.15, 0.2) is 0 Å². The highest BCUT2D eigenvalue weighted by Gasteiger charge is 2.24. The van der Waals surface area contributed by atoms with E-state index in [4.69, 9.17) is 4.74 Å². The molecule has 1 atom stereocenters. The predicted molar refractivity (Wildman–Crippen MR) is 91.6 cm³/mol. The molecule has 2 heterocycles. The summed E-state index contributed by atoms with van der Waals surface area (Å²) in [5.74, 6) is 1.50. The Labute approximate surface area is 139 Å². The number of nitrogens with zero attached hydrogens (tertiary/aromatic N) is 4. The first-order chi connectivity index (χ1) is 11.8. The molecule has 0 bridgehead atoms. The van der Waals surface area contributed by atoms with Crippen LogP contribution in [-0.4, -0.2) is 26.8 Å². The minimum atomic E-state index is -0.0675. The van der Waals surface area contributed by atoms with Crippen molar-refractivity contribution in [1.29, 1.82) is 0 Å². The molecule has 2 aromatic carbocycles. The summed E-state index contributed by atoms with van der Waals surface area (Å²) >= 11 is 0. The second-order valence-electron chi connectivity index (χ2n) is 5.47. The molecular weight excluding hydrogens is 302 g/mol. The number of tetrazole rings is 1. The second-order valence-corrected chi connectivity index (χ2v) is 5.47. The highest BCUT2D eigenvalue weighted by molar-refractivity contribution is 5.76. The van der Waals surface area contributed by atoms with Gasteiger partial charge in [0, 0.05) is 5.70 Å². The molecule has 6 heteroatoms. The van der Waals surface area contributed by atoms with Crippen LogP contribution in [0, 0.1) is 0 Å². The largest absolute Gasteiger partial charge is 0.494 e. The van der Waals surface area contributed by atoms with Gasteiger partial charge in [-0.2, -0.15) is 4.68 Å². The van der Waals surface area contributed by atoms with Gasteiger partial charge >= 0.3 is 0 Å². The van der Waals surface area contributed by atoms with Crippen LogP contribution in [0.5, 0.6) is 5.75 Å². The molecule has 1 aromatic heterocycles. The maximum absolute atomic E-state index is 5.52. The van der Waals surface area contributed by atoms with Crippen LogP contribution in [0.2, 0.25) is 0 Å². The topological polar surface area (TPSA) is 64.9 Å². The lowest BCUT2D eigenvalue weighted by Crippen LogP contribution is -2.20. The van der Waals surface area contributed by atoms with Gasteiger partial charge in [-0.15, -0.1) is 0 Å². The Morgan fingerprint density at radius 1 is 1.08 bits per heavy atom. The van der Waals surface area contributed by atoms with Crippen LogP contribution < -0.4 is 10.1 Å². The van der Waals surface area contributed by atoms with Crippen molar-refractivity contribution in [2.45, 2.75) is 13.0 Å². The lowest BCUT2D eigenvalue weighted by molar-refractivity contribution is 0.340. The average Bonchev–Trinajstić information content (AvgIpc) is 3.11.